The SMILES string of the molecule is CCOC(=O)c1nnn(-c2nonc2N)c1C[NH+]1CC[NH+](Cc2ccccc2)CC1. The van der Waals surface area contributed by atoms with Crippen LogP contribution < -0.4 is 15.5 Å². The fourth-order valence-electron chi connectivity index (χ4n) is 3.76. The van der Waals surface area contributed by atoms with Crippen molar-refractivity contribution in [2.45, 2.75) is 20.0 Å². The van der Waals surface area contributed by atoms with Crippen molar-refractivity contribution in [3.63, 3.8) is 0 Å². The number of aromatic nitrogens is 5. The van der Waals surface area contributed by atoms with E-state index in [1.165, 1.54) is 15.1 Å². The Labute approximate surface area is 173 Å². The van der Waals surface area contributed by atoms with Crippen LogP contribution in [0.5, 0.6) is 0 Å². The quantitative estimate of drug-likeness (QED) is 0.375. The second-order valence-corrected chi connectivity index (χ2v) is 7.33. The first-order valence-corrected chi connectivity index (χ1v) is 10.1. The summed E-state index contributed by atoms with van der Waals surface area (Å²) in [5.41, 5.74) is 7.94. The highest BCUT2D eigenvalue weighted by Gasteiger charge is 2.30. The molecule has 1 aliphatic heterocycles. The van der Waals surface area contributed by atoms with Crippen molar-refractivity contribution >= 4 is 11.8 Å². The third kappa shape index (κ3) is 4.31. The van der Waals surface area contributed by atoms with Gasteiger partial charge in [0.2, 0.25) is 11.6 Å². The molecule has 158 valence electrons. The topological polar surface area (TPSA) is 131 Å². The average molecular weight is 414 g/mol. The molecule has 2 aromatic heterocycles. The zero-order valence-corrected chi connectivity index (χ0v) is 16.9. The largest absolute Gasteiger partial charge is 0.461 e. The zero-order valence-electron chi connectivity index (χ0n) is 16.9. The molecule has 1 aromatic carbocycles. The molecule has 0 atom stereocenters. The molecule has 1 saturated heterocycles. The molecule has 0 amide bonds. The van der Waals surface area contributed by atoms with Crippen molar-refractivity contribution in [1.82, 2.24) is 25.3 Å². The van der Waals surface area contributed by atoms with Gasteiger partial charge in [0.15, 0.2) is 5.69 Å². The number of anilines is 1. The number of carbonyl (C=O) groups is 1. The molecule has 1 aliphatic rings. The summed E-state index contributed by atoms with van der Waals surface area (Å²) in [6.45, 7) is 7.57. The zero-order chi connectivity index (χ0) is 20.9. The number of ether oxygens (including phenoxy) is 1. The van der Waals surface area contributed by atoms with Gasteiger partial charge in [-0.3, -0.25) is 0 Å². The molecular weight excluding hydrogens is 388 g/mol. The lowest BCUT2D eigenvalue weighted by molar-refractivity contribution is -1.02. The van der Waals surface area contributed by atoms with Gasteiger partial charge in [-0.25, -0.2) is 9.42 Å². The number of nitrogens with zero attached hydrogens (tertiary/aromatic N) is 5. The molecule has 0 saturated carbocycles. The number of benzene rings is 1. The van der Waals surface area contributed by atoms with Crippen LogP contribution in [0.3, 0.4) is 0 Å². The average Bonchev–Trinajstić information content (AvgIpc) is 3.36. The predicted octanol–water partition coefficient (Wildman–Crippen LogP) is -2.11. The van der Waals surface area contributed by atoms with Crippen molar-refractivity contribution < 1.29 is 24.0 Å². The summed E-state index contributed by atoms with van der Waals surface area (Å²) in [4.78, 5) is 15.3. The Kier molecular flexibility index (Phi) is 6.00. The minimum absolute atomic E-state index is 0.0867. The van der Waals surface area contributed by atoms with Crippen LogP contribution in [0.25, 0.3) is 5.82 Å². The summed E-state index contributed by atoms with van der Waals surface area (Å²) in [5, 5.41) is 15.5. The molecule has 11 nitrogen and oxygen atoms in total. The molecule has 1 fully saturated rings. The van der Waals surface area contributed by atoms with Crippen LogP contribution in [-0.4, -0.2) is 64.1 Å². The Morgan fingerprint density at radius 1 is 1.13 bits per heavy atom. The van der Waals surface area contributed by atoms with E-state index in [0.717, 1.165) is 32.7 Å². The normalized spacial score (nSPS) is 19.0. The first kappa shape index (κ1) is 20.0. The number of nitrogens with two attached hydrogens (primary N) is 1. The molecule has 11 heteroatoms. The molecule has 0 radical (unpaired) electrons. The van der Waals surface area contributed by atoms with Crippen LogP contribution in [0.4, 0.5) is 5.82 Å². The van der Waals surface area contributed by atoms with E-state index in [-0.39, 0.29) is 23.9 Å². The second-order valence-electron chi connectivity index (χ2n) is 7.33. The highest BCUT2D eigenvalue weighted by Crippen LogP contribution is 2.15. The highest BCUT2D eigenvalue weighted by atomic mass is 16.6. The van der Waals surface area contributed by atoms with Crippen molar-refractivity contribution in [2.75, 3.05) is 38.5 Å². The molecule has 3 heterocycles. The van der Waals surface area contributed by atoms with Crippen molar-refractivity contribution in [2.24, 2.45) is 0 Å². The third-order valence-corrected chi connectivity index (χ3v) is 5.31. The molecule has 4 N–H and O–H groups in total. The molecule has 30 heavy (non-hydrogen) atoms. The van der Waals surface area contributed by atoms with Gasteiger partial charge in [-0.05, 0) is 17.2 Å². The lowest BCUT2D eigenvalue weighted by Crippen LogP contribution is -3.27. The Hall–Kier alpha value is -3.31. The van der Waals surface area contributed by atoms with Gasteiger partial charge < -0.3 is 20.3 Å². The van der Waals surface area contributed by atoms with Gasteiger partial charge in [0.05, 0.1) is 6.61 Å². The van der Waals surface area contributed by atoms with Gasteiger partial charge >= 0.3 is 5.97 Å². The first-order chi connectivity index (χ1) is 14.7. The highest BCUT2D eigenvalue weighted by molar-refractivity contribution is 5.88. The van der Waals surface area contributed by atoms with E-state index in [2.05, 4.69) is 44.9 Å². The van der Waals surface area contributed by atoms with Gasteiger partial charge in [-0.15, -0.1) is 5.10 Å². The van der Waals surface area contributed by atoms with Crippen molar-refractivity contribution in [3.8, 4) is 5.82 Å². The second kappa shape index (κ2) is 9.01. The summed E-state index contributed by atoms with van der Waals surface area (Å²) >= 11 is 0. The fraction of sp³-hybridized carbons (Fsp3) is 0.421. The van der Waals surface area contributed by atoms with Gasteiger partial charge in [0.25, 0.3) is 0 Å². The minimum atomic E-state index is -0.512. The molecule has 0 aliphatic carbocycles. The van der Waals surface area contributed by atoms with Crippen LogP contribution in [0.2, 0.25) is 0 Å². The van der Waals surface area contributed by atoms with E-state index in [1.54, 1.807) is 11.8 Å². The monoisotopic (exact) mass is 414 g/mol. The molecule has 4 rings (SSSR count). The van der Waals surface area contributed by atoms with E-state index < -0.39 is 5.97 Å². The number of nitrogens with one attached hydrogen (secondary N) is 2. The smallest absolute Gasteiger partial charge is 0.361 e. The van der Waals surface area contributed by atoms with Crippen LogP contribution >= 0.6 is 0 Å². The van der Waals surface area contributed by atoms with Gasteiger partial charge in [-0.2, -0.15) is 4.68 Å². The summed E-state index contributed by atoms with van der Waals surface area (Å²) < 4.78 is 11.3. The number of rotatable bonds is 7. The summed E-state index contributed by atoms with van der Waals surface area (Å²) in [6, 6.07) is 10.5. The van der Waals surface area contributed by atoms with Crippen molar-refractivity contribution in [1.29, 1.82) is 0 Å². The van der Waals surface area contributed by atoms with Crippen LogP contribution in [0, 0.1) is 0 Å². The van der Waals surface area contributed by atoms with Crippen molar-refractivity contribution in [3.05, 3.63) is 47.3 Å². The number of hydrogen-bond donors (Lipinski definition) is 3. The Balaban J connectivity index is 1.48. The van der Waals surface area contributed by atoms with E-state index >= 15 is 0 Å². The lowest BCUT2D eigenvalue weighted by Gasteiger charge is -2.29. The standard InChI is InChI=1S/C19H24N8O3/c1-2-29-19(28)16-15(27(24-21-16)18-17(20)22-30-23-18)13-26-10-8-25(9-11-26)12-14-6-4-3-5-7-14/h3-7H,2,8-13H2,1H3,(H2,20,22)/p+2. The number of piperazine rings is 1. The lowest BCUT2D eigenvalue weighted by atomic mass is 10.2. The maximum atomic E-state index is 12.4. The minimum Gasteiger partial charge on any atom is -0.461 e. The van der Waals surface area contributed by atoms with E-state index in [0.29, 0.717) is 12.2 Å². The van der Waals surface area contributed by atoms with Crippen LogP contribution in [0.1, 0.15) is 28.7 Å². The maximum Gasteiger partial charge on any atom is 0.361 e. The molecule has 0 bridgehead atoms. The Morgan fingerprint density at radius 2 is 1.83 bits per heavy atom. The maximum absolute atomic E-state index is 12.4. The molecular formula is C19H26N8O3+2. The third-order valence-electron chi connectivity index (χ3n) is 5.31. The summed E-state index contributed by atoms with van der Waals surface area (Å²) in [5.74, 6) is -0.203. The number of nitrogen functional groups attached to an aromatic ring is 1. The summed E-state index contributed by atoms with van der Waals surface area (Å²) in [7, 11) is 0. The summed E-state index contributed by atoms with van der Waals surface area (Å²) in [6.07, 6.45) is 0. The van der Waals surface area contributed by atoms with E-state index in [9.17, 15) is 4.79 Å². The van der Waals surface area contributed by atoms with Crippen LogP contribution in [-0.2, 0) is 17.8 Å². The number of hydrogen-bond acceptors (Lipinski definition) is 8. The van der Waals surface area contributed by atoms with E-state index in [4.69, 9.17) is 15.1 Å². The fourth-order valence-corrected chi connectivity index (χ4v) is 3.76. The van der Waals surface area contributed by atoms with E-state index in [1.807, 2.05) is 6.07 Å². The molecule has 0 unspecified atom stereocenters. The molecule has 0 spiro atoms. The number of esters is 1. The van der Waals surface area contributed by atoms with Gasteiger partial charge in [-0.1, -0.05) is 35.5 Å². The Bertz CT molecular complexity index is 979. The first-order valence-electron chi connectivity index (χ1n) is 10.1. The van der Waals surface area contributed by atoms with Gasteiger partial charge in [0.1, 0.15) is 45.0 Å². The number of quaternary nitrogens is 2. The Morgan fingerprint density at radius 3 is 2.47 bits per heavy atom. The number of carbonyl (C=O) groups excluding carboxylic acids is 1. The van der Waals surface area contributed by atoms with Gasteiger partial charge in [0, 0.05) is 5.56 Å². The van der Waals surface area contributed by atoms with Crippen LogP contribution in [0.15, 0.2) is 35.0 Å². The predicted molar refractivity (Wildman–Crippen MR) is 105 cm³/mol. The molecule has 3 aromatic rings.